The van der Waals surface area contributed by atoms with E-state index < -0.39 is 29.0 Å². The van der Waals surface area contributed by atoms with Gasteiger partial charge in [-0.15, -0.1) is 6.58 Å². The van der Waals surface area contributed by atoms with Gasteiger partial charge in [0.15, 0.2) is 0 Å². The van der Waals surface area contributed by atoms with Crippen LogP contribution in [0.4, 0.5) is 10.1 Å². The molecule has 1 saturated heterocycles. The number of amides is 2. The van der Waals surface area contributed by atoms with Crippen LogP contribution in [-0.4, -0.2) is 40.9 Å². The molecule has 1 aliphatic rings. The summed E-state index contributed by atoms with van der Waals surface area (Å²) in [5.41, 5.74) is 0.314. The Hall–Kier alpha value is -3.77. The molecule has 9 heteroatoms. The lowest BCUT2D eigenvalue weighted by Crippen LogP contribution is -2.61. The van der Waals surface area contributed by atoms with Gasteiger partial charge in [-0.05, 0) is 37.6 Å². The zero-order chi connectivity index (χ0) is 22.9. The Morgan fingerprint density at radius 3 is 2.55 bits per heavy atom. The van der Waals surface area contributed by atoms with E-state index in [1.165, 1.54) is 22.8 Å². The first-order chi connectivity index (χ1) is 14.6. The molecular formula is C22H21FN4O4. The summed E-state index contributed by atoms with van der Waals surface area (Å²) < 4.78 is 20.1. The molecular weight excluding hydrogens is 403 g/mol. The molecule has 0 spiro atoms. The van der Waals surface area contributed by atoms with Crippen molar-refractivity contribution in [3.05, 3.63) is 64.7 Å². The fraction of sp³-hybridized carbons (Fsp3) is 0.273. The van der Waals surface area contributed by atoms with E-state index in [1.807, 2.05) is 0 Å². The third-order valence-electron chi connectivity index (χ3n) is 5.40. The van der Waals surface area contributed by atoms with Gasteiger partial charge >= 0.3 is 0 Å². The molecule has 0 radical (unpaired) electrons. The lowest BCUT2D eigenvalue weighted by atomic mass is 9.96. The van der Waals surface area contributed by atoms with Crippen LogP contribution in [0.25, 0.3) is 0 Å². The largest absolute Gasteiger partial charge is 0.376 e. The zero-order valence-corrected chi connectivity index (χ0v) is 17.3. The molecule has 1 aliphatic heterocycles. The molecule has 0 saturated carbocycles. The number of benzene rings is 1. The first-order valence-corrected chi connectivity index (χ1v) is 9.39. The number of anilines is 1. The van der Waals surface area contributed by atoms with E-state index >= 15 is 0 Å². The van der Waals surface area contributed by atoms with Crippen LogP contribution in [-0.2, 0) is 16.6 Å². The van der Waals surface area contributed by atoms with Crippen LogP contribution in [0.1, 0.15) is 37.7 Å². The van der Waals surface area contributed by atoms with Crippen molar-refractivity contribution in [2.75, 3.05) is 18.5 Å². The summed E-state index contributed by atoms with van der Waals surface area (Å²) in [6, 6.07) is 5.33. The van der Waals surface area contributed by atoms with Gasteiger partial charge in [0.1, 0.15) is 23.1 Å². The normalized spacial score (nSPS) is 14.2. The molecule has 2 heterocycles. The van der Waals surface area contributed by atoms with Gasteiger partial charge in [-0.2, -0.15) is 5.26 Å². The molecule has 0 unspecified atom stereocenters. The number of nitrogens with one attached hydrogen (secondary N) is 2. The van der Waals surface area contributed by atoms with Crippen LogP contribution in [0.5, 0.6) is 0 Å². The van der Waals surface area contributed by atoms with Gasteiger partial charge in [-0.1, -0.05) is 6.08 Å². The van der Waals surface area contributed by atoms with Crippen LogP contribution in [0, 0.1) is 31.0 Å². The van der Waals surface area contributed by atoms with E-state index in [1.54, 1.807) is 27.0 Å². The predicted octanol–water partition coefficient (Wildman–Crippen LogP) is 2.16. The van der Waals surface area contributed by atoms with Crippen molar-refractivity contribution in [1.29, 1.82) is 5.26 Å². The van der Waals surface area contributed by atoms with E-state index in [9.17, 15) is 18.8 Å². The third kappa shape index (κ3) is 3.85. The SMILES string of the molecule is C=CC1(NC(=O)C(=O)c2c(C)c(C(=O)Nc3ccc(F)c(C#N)c3)n(C)c2C)COC1. The number of Topliss-reactive ketones (excluding diaryl/α,β-unsaturated/α-hetero) is 1. The number of carbonyl (C=O) groups excluding carboxylic acids is 3. The molecule has 2 N–H and O–H groups in total. The van der Waals surface area contributed by atoms with E-state index in [-0.39, 0.29) is 35.7 Å². The summed E-state index contributed by atoms with van der Waals surface area (Å²) in [5.74, 6) is -2.84. The Balaban J connectivity index is 1.88. The molecule has 2 aromatic rings. The monoisotopic (exact) mass is 424 g/mol. The number of carbonyl (C=O) groups is 3. The van der Waals surface area contributed by atoms with Crippen molar-refractivity contribution in [3.8, 4) is 6.07 Å². The second kappa shape index (κ2) is 8.16. The Bertz CT molecular complexity index is 1160. The Morgan fingerprint density at radius 1 is 1.32 bits per heavy atom. The summed E-state index contributed by atoms with van der Waals surface area (Å²) in [6.45, 7) is 7.34. The maximum atomic E-state index is 13.5. The lowest BCUT2D eigenvalue weighted by Gasteiger charge is -2.39. The highest BCUT2D eigenvalue weighted by atomic mass is 19.1. The number of halogens is 1. The fourth-order valence-electron chi connectivity index (χ4n) is 3.47. The fourth-order valence-corrected chi connectivity index (χ4v) is 3.47. The molecule has 31 heavy (non-hydrogen) atoms. The number of aromatic nitrogens is 1. The zero-order valence-electron chi connectivity index (χ0n) is 17.3. The molecule has 0 atom stereocenters. The lowest BCUT2D eigenvalue weighted by molar-refractivity contribution is -0.124. The summed E-state index contributed by atoms with van der Waals surface area (Å²) in [7, 11) is 1.60. The minimum atomic E-state index is -0.816. The van der Waals surface area contributed by atoms with Crippen molar-refractivity contribution in [3.63, 3.8) is 0 Å². The van der Waals surface area contributed by atoms with Gasteiger partial charge in [0.25, 0.3) is 17.6 Å². The maximum absolute atomic E-state index is 13.5. The quantitative estimate of drug-likeness (QED) is 0.419. The topological polar surface area (TPSA) is 113 Å². The number of hydrogen-bond donors (Lipinski definition) is 2. The Kier molecular flexibility index (Phi) is 5.77. The second-order valence-corrected chi connectivity index (χ2v) is 7.39. The molecule has 1 aromatic heterocycles. The standard InChI is InChI=1S/C22H21FN4O4/c1-5-22(10-31-11-22)26-21(30)19(28)17-12(2)18(27(4)13(17)3)20(29)25-15-6-7-16(23)14(8-15)9-24/h5-8H,1,10-11H2,2-4H3,(H,25,29)(H,26,30). The molecule has 1 aromatic carbocycles. The Morgan fingerprint density at radius 2 is 2.00 bits per heavy atom. The second-order valence-electron chi connectivity index (χ2n) is 7.39. The van der Waals surface area contributed by atoms with Crippen molar-refractivity contribution >= 4 is 23.3 Å². The van der Waals surface area contributed by atoms with Crippen molar-refractivity contribution in [2.24, 2.45) is 7.05 Å². The first kappa shape index (κ1) is 21.9. The number of nitrogens with zero attached hydrogens (tertiary/aromatic N) is 2. The molecule has 0 bridgehead atoms. The minimum absolute atomic E-state index is 0.126. The van der Waals surface area contributed by atoms with Gasteiger partial charge in [0.2, 0.25) is 0 Å². The molecule has 2 amide bonds. The van der Waals surface area contributed by atoms with E-state index in [2.05, 4.69) is 17.2 Å². The van der Waals surface area contributed by atoms with Crippen LogP contribution in [0.15, 0.2) is 30.9 Å². The van der Waals surface area contributed by atoms with Gasteiger partial charge in [-0.25, -0.2) is 4.39 Å². The van der Waals surface area contributed by atoms with E-state index in [4.69, 9.17) is 10.00 Å². The highest BCUT2D eigenvalue weighted by Gasteiger charge is 2.39. The number of ether oxygens (including phenoxy) is 1. The summed E-state index contributed by atoms with van der Waals surface area (Å²) >= 11 is 0. The Labute approximate surface area is 178 Å². The van der Waals surface area contributed by atoms with Crippen LogP contribution in [0.2, 0.25) is 0 Å². The molecule has 160 valence electrons. The van der Waals surface area contributed by atoms with Crippen LogP contribution in [0.3, 0.4) is 0 Å². The minimum Gasteiger partial charge on any atom is -0.376 e. The predicted molar refractivity (Wildman–Crippen MR) is 110 cm³/mol. The van der Waals surface area contributed by atoms with Gasteiger partial charge in [0, 0.05) is 18.4 Å². The number of nitriles is 1. The van der Waals surface area contributed by atoms with Crippen molar-refractivity contribution < 1.29 is 23.5 Å². The van der Waals surface area contributed by atoms with Crippen LogP contribution >= 0.6 is 0 Å². The highest BCUT2D eigenvalue weighted by molar-refractivity contribution is 6.44. The summed E-state index contributed by atoms with van der Waals surface area (Å²) in [6.07, 6.45) is 1.53. The smallest absolute Gasteiger partial charge is 0.293 e. The van der Waals surface area contributed by atoms with Crippen LogP contribution < -0.4 is 10.6 Å². The number of ketones is 1. The van der Waals surface area contributed by atoms with E-state index in [0.29, 0.717) is 11.3 Å². The molecule has 3 rings (SSSR count). The molecule has 0 aliphatic carbocycles. The van der Waals surface area contributed by atoms with Gasteiger partial charge in [0.05, 0.1) is 24.3 Å². The summed E-state index contributed by atoms with van der Waals surface area (Å²) in [5, 5.41) is 14.2. The van der Waals surface area contributed by atoms with Crippen molar-refractivity contribution in [2.45, 2.75) is 19.4 Å². The molecule has 1 fully saturated rings. The average Bonchev–Trinajstić information content (AvgIpc) is 2.93. The van der Waals surface area contributed by atoms with Gasteiger partial charge in [-0.3, -0.25) is 14.4 Å². The highest BCUT2D eigenvalue weighted by Crippen LogP contribution is 2.25. The average molecular weight is 424 g/mol. The third-order valence-corrected chi connectivity index (χ3v) is 5.40. The van der Waals surface area contributed by atoms with Crippen molar-refractivity contribution in [1.82, 2.24) is 9.88 Å². The number of hydrogen-bond acceptors (Lipinski definition) is 5. The van der Waals surface area contributed by atoms with E-state index in [0.717, 1.165) is 6.07 Å². The molecule has 8 nitrogen and oxygen atoms in total. The van der Waals surface area contributed by atoms with Gasteiger partial charge < -0.3 is 19.9 Å². The number of rotatable bonds is 6. The summed E-state index contributed by atoms with van der Waals surface area (Å²) in [4.78, 5) is 38.3. The maximum Gasteiger partial charge on any atom is 0.293 e. The first-order valence-electron chi connectivity index (χ1n) is 9.39.